The highest BCUT2D eigenvalue weighted by Gasteiger charge is 2.06. The topological polar surface area (TPSA) is 12.0 Å². The SMILES string of the molecule is CC(C)CNCc1ccc(Sc2ccc(F)cc2)c(F)c1. The molecule has 0 aliphatic rings. The van der Waals surface area contributed by atoms with Gasteiger partial charge in [-0.3, -0.25) is 0 Å². The fourth-order valence-electron chi connectivity index (χ4n) is 1.87. The first kappa shape index (κ1) is 16.0. The van der Waals surface area contributed by atoms with Gasteiger partial charge in [-0.15, -0.1) is 0 Å². The van der Waals surface area contributed by atoms with Crippen LogP contribution in [0.15, 0.2) is 52.3 Å². The highest BCUT2D eigenvalue weighted by molar-refractivity contribution is 7.99. The van der Waals surface area contributed by atoms with Crippen LogP contribution >= 0.6 is 11.8 Å². The van der Waals surface area contributed by atoms with Crippen LogP contribution in [-0.2, 0) is 6.54 Å². The Balaban J connectivity index is 2.00. The van der Waals surface area contributed by atoms with Crippen LogP contribution in [0.5, 0.6) is 0 Å². The van der Waals surface area contributed by atoms with Gasteiger partial charge in [-0.05, 0) is 54.4 Å². The molecular weight excluding hydrogens is 288 g/mol. The monoisotopic (exact) mass is 307 g/mol. The molecule has 0 aliphatic heterocycles. The van der Waals surface area contributed by atoms with E-state index < -0.39 is 0 Å². The number of rotatable bonds is 6. The highest BCUT2D eigenvalue weighted by atomic mass is 32.2. The van der Waals surface area contributed by atoms with Crippen LogP contribution in [0.2, 0.25) is 0 Å². The van der Waals surface area contributed by atoms with Crippen LogP contribution in [0.25, 0.3) is 0 Å². The lowest BCUT2D eigenvalue weighted by molar-refractivity contribution is 0.548. The van der Waals surface area contributed by atoms with Crippen LogP contribution in [0, 0.1) is 17.6 Å². The summed E-state index contributed by atoms with van der Waals surface area (Å²) in [4.78, 5) is 1.37. The summed E-state index contributed by atoms with van der Waals surface area (Å²) in [6.07, 6.45) is 0. The van der Waals surface area contributed by atoms with Crippen molar-refractivity contribution in [3.05, 3.63) is 59.7 Å². The third kappa shape index (κ3) is 5.14. The second-order valence-electron chi connectivity index (χ2n) is 5.35. The van der Waals surface area contributed by atoms with Gasteiger partial charge in [0.05, 0.1) is 0 Å². The fourth-order valence-corrected chi connectivity index (χ4v) is 2.69. The van der Waals surface area contributed by atoms with E-state index in [1.165, 1.54) is 23.9 Å². The first-order valence-corrected chi connectivity index (χ1v) is 7.79. The first-order chi connectivity index (χ1) is 10.0. The van der Waals surface area contributed by atoms with Gasteiger partial charge in [0.25, 0.3) is 0 Å². The van der Waals surface area contributed by atoms with Gasteiger partial charge in [0.1, 0.15) is 11.6 Å². The van der Waals surface area contributed by atoms with E-state index in [-0.39, 0.29) is 11.6 Å². The zero-order valence-electron chi connectivity index (χ0n) is 12.2. The zero-order chi connectivity index (χ0) is 15.2. The lowest BCUT2D eigenvalue weighted by atomic mass is 10.2. The predicted octanol–water partition coefficient (Wildman–Crippen LogP) is 4.86. The minimum Gasteiger partial charge on any atom is -0.312 e. The third-order valence-electron chi connectivity index (χ3n) is 2.92. The van der Waals surface area contributed by atoms with Crippen molar-refractivity contribution in [2.45, 2.75) is 30.2 Å². The molecule has 0 saturated heterocycles. The molecule has 0 bridgehead atoms. The Hall–Kier alpha value is -1.39. The summed E-state index contributed by atoms with van der Waals surface area (Å²) in [5, 5.41) is 3.29. The minimum atomic E-state index is -0.286. The Morgan fingerprint density at radius 3 is 2.38 bits per heavy atom. The van der Waals surface area contributed by atoms with E-state index in [1.807, 2.05) is 6.07 Å². The molecule has 2 rings (SSSR count). The Bertz CT molecular complexity index is 582. The Labute approximate surface area is 128 Å². The highest BCUT2D eigenvalue weighted by Crippen LogP contribution is 2.30. The van der Waals surface area contributed by atoms with E-state index in [0.29, 0.717) is 17.4 Å². The molecule has 0 spiro atoms. The van der Waals surface area contributed by atoms with Crippen LogP contribution in [0.3, 0.4) is 0 Å². The summed E-state index contributed by atoms with van der Waals surface area (Å²) in [5.41, 5.74) is 0.927. The number of nitrogens with one attached hydrogen (secondary N) is 1. The van der Waals surface area contributed by atoms with Gasteiger partial charge >= 0.3 is 0 Å². The number of halogens is 2. The maximum Gasteiger partial charge on any atom is 0.137 e. The molecule has 0 amide bonds. The summed E-state index contributed by atoms with van der Waals surface area (Å²) in [7, 11) is 0. The summed E-state index contributed by atoms with van der Waals surface area (Å²) in [6.45, 7) is 5.84. The molecule has 0 unspecified atom stereocenters. The molecule has 1 nitrogen and oxygen atoms in total. The molecule has 1 N–H and O–H groups in total. The van der Waals surface area contributed by atoms with Crippen LogP contribution < -0.4 is 5.32 Å². The van der Waals surface area contributed by atoms with Crippen molar-refractivity contribution in [3.8, 4) is 0 Å². The summed E-state index contributed by atoms with van der Waals surface area (Å²) in [6, 6.07) is 11.3. The Kier molecular flexibility index (Phi) is 5.76. The molecule has 4 heteroatoms. The largest absolute Gasteiger partial charge is 0.312 e. The van der Waals surface area contributed by atoms with Gasteiger partial charge in [0.2, 0.25) is 0 Å². The van der Waals surface area contributed by atoms with E-state index in [2.05, 4.69) is 19.2 Å². The molecule has 0 aliphatic carbocycles. The van der Waals surface area contributed by atoms with E-state index >= 15 is 0 Å². The molecule has 0 aromatic heterocycles. The van der Waals surface area contributed by atoms with Gasteiger partial charge < -0.3 is 5.32 Å². The van der Waals surface area contributed by atoms with Crippen molar-refractivity contribution in [1.82, 2.24) is 5.32 Å². The number of hydrogen-bond acceptors (Lipinski definition) is 2. The maximum atomic E-state index is 14.1. The average Bonchev–Trinajstić information content (AvgIpc) is 2.44. The molecule has 2 aromatic rings. The van der Waals surface area contributed by atoms with Crippen molar-refractivity contribution in [2.24, 2.45) is 5.92 Å². The molecule has 112 valence electrons. The molecular formula is C17H19F2NS. The molecule has 0 fully saturated rings. The van der Waals surface area contributed by atoms with Crippen molar-refractivity contribution in [3.63, 3.8) is 0 Å². The van der Waals surface area contributed by atoms with Gasteiger partial charge in [-0.1, -0.05) is 31.7 Å². The maximum absolute atomic E-state index is 14.1. The van der Waals surface area contributed by atoms with E-state index in [9.17, 15) is 8.78 Å². The lowest BCUT2D eigenvalue weighted by Crippen LogP contribution is -2.18. The molecule has 2 aromatic carbocycles. The lowest BCUT2D eigenvalue weighted by Gasteiger charge is -2.09. The quantitative estimate of drug-likeness (QED) is 0.818. The van der Waals surface area contributed by atoms with E-state index in [4.69, 9.17) is 0 Å². The fraction of sp³-hybridized carbons (Fsp3) is 0.294. The van der Waals surface area contributed by atoms with Gasteiger partial charge in [0.15, 0.2) is 0 Å². The third-order valence-corrected chi connectivity index (χ3v) is 3.98. The average molecular weight is 307 g/mol. The van der Waals surface area contributed by atoms with Crippen molar-refractivity contribution in [2.75, 3.05) is 6.54 Å². The second-order valence-corrected chi connectivity index (χ2v) is 6.46. The first-order valence-electron chi connectivity index (χ1n) is 6.97. The van der Waals surface area contributed by atoms with Crippen molar-refractivity contribution in [1.29, 1.82) is 0 Å². The molecule has 0 radical (unpaired) electrons. The van der Waals surface area contributed by atoms with Crippen LogP contribution in [-0.4, -0.2) is 6.54 Å². The van der Waals surface area contributed by atoms with Gasteiger partial charge in [-0.2, -0.15) is 0 Å². The van der Waals surface area contributed by atoms with E-state index in [1.54, 1.807) is 24.3 Å². The Morgan fingerprint density at radius 1 is 1.05 bits per heavy atom. The summed E-state index contributed by atoms with van der Waals surface area (Å²) < 4.78 is 26.9. The minimum absolute atomic E-state index is 0.242. The summed E-state index contributed by atoms with van der Waals surface area (Å²) in [5.74, 6) is 0.0442. The van der Waals surface area contributed by atoms with Crippen LogP contribution in [0.1, 0.15) is 19.4 Å². The number of hydrogen-bond donors (Lipinski definition) is 1. The van der Waals surface area contributed by atoms with Crippen molar-refractivity contribution >= 4 is 11.8 Å². The normalized spacial score (nSPS) is 11.1. The smallest absolute Gasteiger partial charge is 0.137 e. The zero-order valence-corrected chi connectivity index (χ0v) is 13.0. The molecule has 0 atom stereocenters. The van der Waals surface area contributed by atoms with Gasteiger partial charge in [-0.25, -0.2) is 8.78 Å². The van der Waals surface area contributed by atoms with Gasteiger partial charge in [0, 0.05) is 16.3 Å². The Morgan fingerprint density at radius 2 is 1.76 bits per heavy atom. The molecule has 21 heavy (non-hydrogen) atoms. The number of benzene rings is 2. The second kappa shape index (κ2) is 7.57. The van der Waals surface area contributed by atoms with E-state index in [0.717, 1.165) is 17.0 Å². The summed E-state index contributed by atoms with van der Waals surface area (Å²) >= 11 is 1.30. The molecule has 0 saturated carbocycles. The molecule has 0 heterocycles. The standard InChI is InChI=1S/C17H19F2NS/c1-12(2)10-20-11-13-3-8-17(16(19)9-13)21-15-6-4-14(18)5-7-15/h3-9,12,20H,10-11H2,1-2H3. The van der Waals surface area contributed by atoms with Crippen LogP contribution in [0.4, 0.5) is 8.78 Å². The van der Waals surface area contributed by atoms with Crippen molar-refractivity contribution < 1.29 is 8.78 Å². The predicted molar refractivity (Wildman–Crippen MR) is 83.5 cm³/mol.